The SMILES string of the molecule is Cc1ccn(-c2cc(OC3COC3)cc(C(=O)O)c2)n1. The van der Waals surface area contributed by atoms with Crippen molar-refractivity contribution in [3.63, 3.8) is 0 Å². The van der Waals surface area contributed by atoms with E-state index in [0.29, 0.717) is 24.7 Å². The van der Waals surface area contributed by atoms with Gasteiger partial charge in [-0.05, 0) is 25.1 Å². The lowest BCUT2D eigenvalue weighted by Crippen LogP contribution is -2.38. The van der Waals surface area contributed by atoms with Crippen LogP contribution in [0.5, 0.6) is 5.75 Å². The average molecular weight is 274 g/mol. The summed E-state index contributed by atoms with van der Waals surface area (Å²) < 4.78 is 12.4. The van der Waals surface area contributed by atoms with Crippen LogP contribution in [-0.4, -0.2) is 40.2 Å². The van der Waals surface area contributed by atoms with Crippen molar-refractivity contribution >= 4 is 5.97 Å². The molecule has 2 aromatic rings. The summed E-state index contributed by atoms with van der Waals surface area (Å²) in [6, 6.07) is 6.71. The molecule has 0 bridgehead atoms. The second-order valence-corrected chi connectivity index (χ2v) is 4.70. The molecule has 0 saturated carbocycles. The second kappa shape index (κ2) is 4.97. The number of nitrogens with zero attached hydrogens (tertiary/aromatic N) is 2. The van der Waals surface area contributed by atoms with Gasteiger partial charge in [-0.2, -0.15) is 5.10 Å². The zero-order chi connectivity index (χ0) is 14.1. The number of carboxylic acid groups (broad SMARTS) is 1. The van der Waals surface area contributed by atoms with Gasteiger partial charge in [0, 0.05) is 12.3 Å². The van der Waals surface area contributed by atoms with Crippen LogP contribution in [0.25, 0.3) is 5.69 Å². The Kier molecular flexibility index (Phi) is 3.15. The van der Waals surface area contributed by atoms with Crippen LogP contribution in [0.3, 0.4) is 0 Å². The molecule has 0 aliphatic carbocycles. The molecule has 6 heteroatoms. The fourth-order valence-corrected chi connectivity index (χ4v) is 1.94. The van der Waals surface area contributed by atoms with Crippen LogP contribution in [-0.2, 0) is 4.74 Å². The smallest absolute Gasteiger partial charge is 0.335 e. The molecule has 0 spiro atoms. The number of aryl methyl sites for hydroxylation is 1. The van der Waals surface area contributed by atoms with E-state index >= 15 is 0 Å². The number of aromatic nitrogens is 2. The number of ether oxygens (including phenoxy) is 2. The predicted molar refractivity (Wildman–Crippen MR) is 70.5 cm³/mol. The average Bonchev–Trinajstić information content (AvgIpc) is 2.80. The van der Waals surface area contributed by atoms with Crippen molar-refractivity contribution in [2.45, 2.75) is 13.0 Å². The van der Waals surface area contributed by atoms with Crippen molar-refractivity contribution in [3.05, 3.63) is 41.7 Å². The number of aromatic carboxylic acids is 1. The molecule has 104 valence electrons. The zero-order valence-electron chi connectivity index (χ0n) is 10.9. The molecule has 1 aromatic heterocycles. The normalized spacial score (nSPS) is 14.8. The fourth-order valence-electron chi connectivity index (χ4n) is 1.94. The molecule has 1 fully saturated rings. The highest BCUT2D eigenvalue weighted by molar-refractivity contribution is 5.89. The minimum Gasteiger partial charge on any atom is -0.485 e. The standard InChI is InChI=1S/C14H14N2O4/c1-9-2-3-16(15-9)11-4-10(14(17)18)5-12(6-11)20-13-7-19-8-13/h2-6,13H,7-8H2,1H3,(H,17,18). The predicted octanol–water partition coefficient (Wildman–Crippen LogP) is 1.66. The quantitative estimate of drug-likeness (QED) is 0.917. The Morgan fingerprint density at radius 2 is 2.25 bits per heavy atom. The molecule has 1 aliphatic rings. The summed E-state index contributed by atoms with van der Waals surface area (Å²) in [6.07, 6.45) is 1.78. The molecule has 6 nitrogen and oxygen atoms in total. The van der Waals surface area contributed by atoms with Crippen LogP contribution in [0, 0.1) is 6.92 Å². The number of carbonyl (C=O) groups is 1. The van der Waals surface area contributed by atoms with Crippen molar-refractivity contribution in [3.8, 4) is 11.4 Å². The van der Waals surface area contributed by atoms with Gasteiger partial charge >= 0.3 is 5.97 Å². The maximum absolute atomic E-state index is 11.2. The molecule has 0 unspecified atom stereocenters. The zero-order valence-corrected chi connectivity index (χ0v) is 10.9. The van der Waals surface area contributed by atoms with Crippen LogP contribution < -0.4 is 4.74 Å². The molecule has 0 amide bonds. The van der Waals surface area contributed by atoms with Crippen LogP contribution in [0.1, 0.15) is 16.1 Å². The fraction of sp³-hybridized carbons (Fsp3) is 0.286. The van der Waals surface area contributed by atoms with Crippen LogP contribution >= 0.6 is 0 Å². The Balaban J connectivity index is 1.97. The van der Waals surface area contributed by atoms with Crippen LogP contribution in [0.2, 0.25) is 0 Å². The maximum atomic E-state index is 11.2. The number of carboxylic acids is 1. The third-order valence-electron chi connectivity index (χ3n) is 3.04. The molecule has 0 atom stereocenters. The highest BCUT2D eigenvalue weighted by Crippen LogP contribution is 2.23. The molecular weight excluding hydrogens is 260 g/mol. The third-order valence-corrected chi connectivity index (χ3v) is 3.04. The first kappa shape index (κ1) is 12.7. The van der Waals surface area contributed by atoms with Gasteiger partial charge in [0.2, 0.25) is 0 Å². The molecule has 2 heterocycles. The summed E-state index contributed by atoms with van der Waals surface area (Å²) in [4.78, 5) is 11.2. The first-order valence-electron chi connectivity index (χ1n) is 6.27. The van der Waals surface area contributed by atoms with E-state index in [1.54, 1.807) is 23.0 Å². The van der Waals surface area contributed by atoms with E-state index in [1.807, 2.05) is 13.0 Å². The van der Waals surface area contributed by atoms with E-state index in [4.69, 9.17) is 9.47 Å². The summed E-state index contributed by atoms with van der Waals surface area (Å²) in [7, 11) is 0. The highest BCUT2D eigenvalue weighted by atomic mass is 16.6. The van der Waals surface area contributed by atoms with Crippen molar-refractivity contribution in [2.75, 3.05) is 13.2 Å². The van der Waals surface area contributed by atoms with Gasteiger partial charge in [0.1, 0.15) is 11.9 Å². The van der Waals surface area contributed by atoms with Gasteiger partial charge in [0.25, 0.3) is 0 Å². The number of benzene rings is 1. The summed E-state index contributed by atoms with van der Waals surface area (Å²) in [5.41, 5.74) is 1.69. The molecule has 3 rings (SSSR count). The van der Waals surface area contributed by atoms with Gasteiger partial charge in [-0.25, -0.2) is 9.48 Å². The summed E-state index contributed by atoms with van der Waals surface area (Å²) in [5.74, 6) is -0.480. The molecule has 1 aromatic carbocycles. The summed E-state index contributed by atoms with van der Waals surface area (Å²) >= 11 is 0. The Morgan fingerprint density at radius 3 is 2.80 bits per heavy atom. The van der Waals surface area contributed by atoms with Crippen molar-refractivity contribution in [2.24, 2.45) is 0 Å². The first-order valence-corrected chi connectivity index (χ1v) is 6.27. The topological polar surface area (TPSA) is 73.6 Å². The molecule has 1 N–H and O–H groups in total. The van der Waals surface area contributed by atoms with E-state index in [0.717, 1.165) is 5.69 Å². The summed E-state index contributed by atoms with van der Waals surface area (Å²) in [6.45, 7) is 2.95. The van der Waals surface area contributed by atoms with Gasteiger partial charge in [-0.15, -0.1) is 0 Å². The molecule has 1 aliphatic heterocycles. The first-order chi connectivity index (χ1) is 9.61. The number of hydrogen-bond acceptors (Lipinski definition) is 4. The van der Waals surface area contributed by atoms with Crippen molar-refractivity contribution in [1.82, 2.24) is 9.78 Å². The number of rotatable bonds is 4. The van der Waals surface area contributed by atoms with Gasteiger partial charge in [0.15, 0.2) is 0 Å². The van der Waals surface area contributed by atoms with E-state index in [1.165, 1.54) is 6.07 Å². The molecule has 1 saturated heterocycles. The van der Waals surface area contributed by atoms with E-state index in [-0.39, 0.29) is 11.7 Å². The van der Waals surface area contributed by atoms with Crippen molar-refractivity contribution < 1.29 is 19.4 Å². The molecule has 0 radical (unpaired) electrons. The Morgan fingerprint density at radius 1 is 1.45 bits per heavy atom. The highest BCUT2D eigenvalue weighted by Gasteiger charge is 2.21. The van der Waals surface area contributed by atoms with Crippen LogP contribution in [0.4, 0.5) is 0 Å². The monoisotopic (exact) mass is 274 g/mol. The van der Waals surface area contributed by atoms with Crippen LogP contribution in [0.15, 0.2) is 30.5 Å². The third kappa shape index (κ3) is 2.50. The van der Waals surface area contributed by atoms with E-state index in [9.17, 15) is 9.90 Å². The largest absolute Gasteiger partial charge is 0.485 e. The van der Waals surface area contributed by atoms with Gasteiger partial charge in [0.05, 0.1) is 30.2 Å². The second-order valence-electron chi connectivity index (χ2n) is 4.70. The van der Waals surface area contributed by atoms with E-state index < -0.39 is 5.97 Å². The van der Waals surface area contributed by atoms with Crippen molar-refractivity contribution in [1.29, 1.82) is 0 Å². The lowest BCUT2D eigenvalue weighted by atomic mass is 10.2. The van der Waals surface area contributed by atoms with Gasteiger partial charge < -0.3 is 14.6 Å². The van der Waals surface area contributed by atoms with Gasteiger partial charge in [-0.3, -0.25) is 0 Å². The Hall–Kier alpha value is -2.34. The van der Waals surface area contributed by atoms with Gasteiger partial charge in [-0.1, -0.05) is 0 Å². The summed E-state index contributed by atoms with van der Waals surface area (Å²) in [5, 5.41) is 13.5. The Bertz CT molecular complexity index is 646. The molecule has 20 heavy (non-hydrogen) atoms. The maximum Gasteiger partial charge on any atom is 0.335 e. The lowest BCUT2D eigenvalue weighted by molar-refractivity contribution is -0.0797. The lowest BCUT2D eigenvalue weighted by Gasteiger charge is -2.27. The minimum atomic E-state index is -0.995. The minimum absolute atomic E-state index is 0.00810. The Labute approximate surface area is 115 Å². The van der Waals surface area contributed by atoms with E-state index in [2.05, 4.69) is 5.10 Å². The number of hydrogen-bond donors (Lipinski definition) is 1. The molecular formula is C14H14N2O4.